The minimum absolute atomic E-state index is 0.645. The van der Waals surface area contributed by atoms with E-state index < -0.39 is 6.10 Å². The lowest BCUT2D eigenvalue weighted by molar-refractivity contribution is 0.226. The second-order valence-electron chi connectivity index (χ2n) is 4.01. The normalized spacial score (nSPS) is 12.8. The Bertz CT molecular complexity index is 690. The second kappa shape index (κ2) is 4.69. The highest BCUT2D eigenvalue weighted by molar-refractivity contribution is 7.10. The van der Waals surface area contributed by atoms with E-state index in [-0.39, 0.29) is 0 Å². The third kappa shape index (κ3) is 2.01. The fourth-order valence-electron chi connectivity index (χ4n) is 2.01. The zero-order valence-electron chi connectivity index (χ0n) is 9.38. The van der Waals surface area contributed by atoms with Gasteiger partial charge in [0.2, 0.25) is 0 Å². The fraction of sp³-hybridized carbons (Fsp3) is 0.0714. The molecule has 2 aromatic heterocycles. The average Bonchev–Trinajstić information content (AvgIpc) is 2.84. The Balaban J connectivity index is 2.14. The van der Waals surface area contributed by atoms with Gasteiger partial charge in [-0.25, -0.2) is 0 Å². The summed E-state index contributed by atoms with van der Waals surface area (Å²) in [6.07, 6.45) is 2.89. The topological polar surface area (TPSA) is 33.1 Å². The van der Waals surface area contributed by atoms with Gasteiger partial charge in [0.1, 0.15) is 6.10 Å². The fourth-order valence-corrected chi connectivity index (χ4v) is 3.09. The van der Waals surface area contributed by atoms with Crippen LogP contribution in [0.4, 0.5) is 0 Å². The minimum atomic E-state index is -0.645. The van der Waals surface area contributed by atoms with Gasteiger partial charge in [0.25, 0.3) is 0 Å². The van der Waals surface area contributed by atoms with Crippen LogP contribution in [0.25, 0.3) is 10.8 Å². The van der Waals surface area contributed by atoms with Gasteiger partial charge in [0.05, 0.1) is 5.02 Å². The van der Waals surface area contributed by atoms with E-state index in [4.69, 9.17) is 11.6 Å². The minimum Gasteiger partial charge on any atom is -0.383 e. The maximum Gasteiger partial charge on any atom is 0.114 e. The summed E-state index contributed by atoms with van der Waals surface area (Å²) < 4.78 is 0. The third-order valence-electron chi connectivity index (χ3n) is 2.87. The Labute approximate surface area is 113 Å². The molecule has 0 amide bonds. The van der Waals surface area contributed by atoms with Gasteiger partial charge in [-0.3, -0.25) is 4.98 Å². The predicted octanol–water partition coefficient (Wildman–Crippen LogP) is 4.03. The first-order valence-electron chi connectivity index (χ1n) is 5.50. The van der Waals surface area contributed by atoms with Crippen molar-refractivity contribution < 1.29 is 5.11 Å². The van der Waals surface area contributed by atoms with Crippen LogP contribution in [0.15, 0.2) is 48.1 Å². The summed E-state index contributed by atoms with van der Waals surface area (Å²) in [6.45, 7) is 0. The average molecular weight is 276 g/mol. The van der Waals surface area contributed by atoms with Crippen molar-refractivity contribution in [3.63, 3.8) is 0 Å². The number of rotatable bonds is 2. The van der Waals surface area contributed by atoms with Crippen LogP contribution in [0.2, 0.25) is 5.02 Å². The summed E-state index contributed by atoms with van der Waals surface area (Å²) in [4.78, 5) is 4.94. The standard InChI is InChI=1S/C14H10ClNOS/c15-10-6-13(18-8-10)14(17)12-3-1-2-9-7-16-5-4-11(9)12/h1-8,14,17H. The van der Waals surface area contributed by atoms with Gasteiger partial charge < -0.3 is 5.11 Å². The van der Waals surface area contributed by atoms with Gasteiger partial charge in [-0.15, -0.1) is 11.3 Å². The molecule has 0 saturated heterocycles. The molecule has 3 rings (SSSR count). The number of halogens is 1. The molecule has 90 valence electrons. The number of fused-ring (bicyclic) bond motifs is 1. The molecule has 4 heteroatoms. The quantitative estimate of drug-likeness (QED) is 0.766. The first-order chi connectivity index (χ1) is 8.75. The van der Waals surface area contributed by atoms with Crippen LogP contribution >= 0.6 is 22.9 Å². The van der Waals surface area contributed by atoms with Crippen LogP contribution in [0.1, 0.15) is 16.5 Å². The number of hydrogen-bond acceptors (Lipinski definition) is 3. The number of aliphatic hydroxyl groups is 1. The molecule has 18 heavy (non-hydrogen) atoms. The molecular formula is C14H10ClNOS. The van der Waals surface area contributed by atoms with Crippen LogP contribution in [-0.4, -0.2) is 10.1 Å². The number of aliphatic hydroxyl groups excluding tert-OH is 1. The lowest BCUT2D eigenvalue weighted by Crippen LogP contribution is -1.98. The second-order valence-corrected chi connectivity index (χ2v) is 5.39. The summed E-state index contributed by atoms with van der Waals surface area (Å²) >= 11 is 7.36. The van der Waals surface area contributed by atoms with Crippen molar-refractivity contribution in [2.24, 2.45) is 0 Å². The molecule has 1 N–H and O–H groups in total. The molecule has 1 aromatic carbocycles. The highest BCUT2D eigenvalue weighted by Gasteiger charge is 2.15. The Morgan fingerprint density at radius 2 is 2.17 bits per heavy atom. The lowest BCUT2D eigenvalue weighted by atomic mass is 10.0. The molecule has 0 saturated carbocycles. The van der Waals surface area contributed by atoms with E-state index in [9.17, 15) is 5.11 Å². The van der Waals surface area contributed by atoms with Gasteiger partial charge >= 0.3 is 0 Å². The van der Waals surface area contributed by atoms with E-state index >= 15 is 0 Å². The number of hydrogen-bond donors (Lipinski definition) is 1. The number of pyridine rings is 1. The highest BCUT2D eigenvalue weighted by Crippen LogP contribution is 2.33. The van der Waals surface area contributed by atoms with Crippen LogP contribution < -0.4 is 0 Å². The third-order valence-corrected chi connectivity index (χ3v) is 4.20. The smallest absolute Gasteiger partial charge is 0.114 e. The van der Waals surface area contributed by atoms with E-state index in [0.29, 0.717) is 5.02 Å². The van der Waals surface area contributed by atoms with Crippen molar-refractivity contribution in [1.82, 2.24) is 4.98 Å². The molecule has 2 nitrogen and oxygen atoms in total. The molecule has 0 aliphatic heterocycles. The molecule has 3 aromatic rings. The molecule has 2 heterocycles. The summed E-state index contributed by atoms with van der Waals surface area (Å²) in [7, 11) is 0. The van der Waals surface area contributed by atoms with Crippen molar-refractivity contribution in [1.29, 1.82) is 0 Å². The number of benzene rings is 1. The molecular weight excluding hydrogens is 266 g/mol. The molecule has 0 aliphatic rings. The zero-order chi connectivity index (χ0) is 12.5. The van der Waals surface area contributed by atoms with Gasteiger partial charge in [0, 0.05) is 28.0 Å². The van der Waals surface area contributed by atoms with Crippen LogP contribution in [0.3, 0.4) is 0 Å². The van der Waals surface area contributed by atoms with E-state index in [1.165, 1.54) is 11.3 Å². The molecule has 0 fully saturated rings. The van der Waals surface area contributed by atoms with E-state index in [0.717, 1.165) is 21.2 Å². The molecule has 0 spiro atoms. The highest BCUT2D eigenvalue weighted by atomic mass is 35.5. The number of aromatic nitrogens is 1. The molecule has 0 bridgehead atoms. The van der Waals surface area contributed by atoms with Crippen LogP contribution in [-0.2, 0) is 0 Å². The van der Waals surface area contributed by atoms with Crippen LogP contribution in [0.5, 0.6) is 0 Å². The van der Waals surface area contributed by atoms with Gasteiger partial charge in [-0.2, -0.15) is 0 Å². The summed E-state index contributed by atoms with van der Waals surface area (Å²) in [5.74, 6) is 0. The maximum absolute atomic E-state index is 10.4. The van der Waals surface area contributed by atoms with Gasteiger partial charge in [-0.1, -0.05) is 29.8 Å². The molecule has 0 radical (unpaired) electrons. The Hall–Kier alpha value is -1.42. The molecule has 1 unspecified atom stereocenters. The van der Waals surface area contributed by atoms with E-state index in [1.807, 2.05) is 29.6 Å². The van der Waals surface area contributed by atoms with Gasteiger partial charge in [0.15, 0.2) is 0 Å². The van der Waals surface area contributed by atoms with Crippen molar-refractivity contribution in [2.45, 2.75) is 6.10 Å². The Kier molecular flexibility index (Phi) is 3.04. The Morgan fingerprint density at radius 3 is 2.94 bits per heavy atom. The summed E-state index contributed by atoms with van der Waals surface area (Å²) in [6, 6.07) is 9.57. The molecule has 0 aliphatic carbocycles. The number of nitrogens with zero attached hydrogens (tertiary/aromatic N) is 1. The van der Waals surface area contributed by atoms with Gasteiger partial charge in [-0.05, 0) is 23.1 Å². The lowest BCUT2D eigenvalue weighted by Gasteiger charge is -2.11. The SMILES string of the molecule is OC(c1cc(Cl)cs1)c1cccc2cnccc12. The summed E-state index contributed by atoms with van der Waals surface area (Å²) in [5, 5.41) is 15.0. The first kappa shape index (κ1) is 11.7. The van der Waals surface area contributed by atoms with Crippen molar-refractivity contribution in [3.05, 3.63) is 63.6 Å². The summed E-state index contributed by atoms with van der Waals surface area (Å²) in [5.41, 5.74) is 0.883. The largest absolute Gasteiger partial charge is 0.383 e. The first-order valence-corrected chi connectivity index (χ1v) is 6.76. The predicted molar refractivity (Wildman–Crippen MR) is 75.1 cm³/mol. The van der Waals surface area contributed by atoms with E-state index in [2.05, 4.69) is 4.98 Å². The van der Waals surface area contributed by atoms with Crippen molar-refractivity contribution in [3.8, 4) is 0 Å². The van der Waals surface area contributed by atoms with Crippen molar-refractivity contribution >= 4 is 33.7 Å². The molecule has 1 atom stereocenters. The zero-order valence-corrected chi connectivity index (χ0v) is 10.9. The van der Waals surface area contributed by atoms with Crippen molar-refractivity contribution in [2.75, 3.05) is 0 Å². The maximum atomic E-state index is 10.4. The monoisotopic (exact) mass is 275 g/mol. The van der Waals surface area contributed by atoms with Crippen LogP contribution in [0, 0.1) is 0 Å². The Morgan fingerprint density at radius 1 is 1.28 bits per heavy atom. The van der Waals surface area contributed by atoms with E-state index in [1.54, 1.807) is 18.5 Å². The number of thiophene rings is 1.